The number of hydrogen-bond acceptors (Lipinski definition) is 3. The third-order valence-corrected chi connectivity index (χ3v) is 3.60. The van der Waals surface area contributed by atoms with E-state index in [0.29, 0.717) is 6.54 Å². The minimum absolute atomic E-state index is 0.0682. The Bertz CT molecular complexity index is 667. The van der Waals surface area contributed by atoms with E-state index in [1.54, 1.807) is 15.8 Å². The second-order valence-corrected chi connectivity index (χ2v) is 5.12. The Morgan fingerprint density at radius 3 is 2.90 bits per heavy atom. The first kappa shape index (κ1) is 13.4. The Balaban J connectivity index is 1.80. The van der Waals surface area contributed by atoms with Crippen LogP contribution in [0.15, 0.2) is 42.7 Å². The van der Waals surface area contributed by atoms with Crippen molar-refractivity contribution in [3.63, 3.8) is 0 Å². The molecule has 1 amide bonds. The smallest absolute Gasteiger partial charge is 0.308 e. The molecule has 0 bridgehead atoms. The van der Waals surface area contributed by atoms with Gasteiger partial charge in [-0.3, -0.25) is 14.3 Å². The van der Waals surface area contributed by atoms with E-state index in [9.17, 15) is 9.59 Å². The first-order valence-corrected chi connectivity index (χ1v) is 6.73. The normalized spacial score (nSPS) is 18.2. The largest absolute Gasteiger partial charge is 0.481 e. The summed E-state index contributed by atoms with van der Waals surface area (Å²) in [5.74, 6) is -1.68. The van der Waals surface area contributed by atoms with Crippen molar-refractivity contribution in [2.75, 3.05) is 11.4 Å². The molecule has 3 rings (SSSR count). The standard InChI is InChI=1S/C15H15N3O3/c19-14-8-12(15(20)21)10-18(14)13-4-1-3-11(7-13)9-17-6-2-5-16-17/h1-7,12H,8-10H2,(H,20,21). The minimum Gasteiger partial charge on any atom is -0.481 e. The number of carbonyl (C=O) groups is 2. The van der Waals surface area contributed by atoms with Crippen molar-refractivity contribution in [1.82, 2.24) is 9.78 Å². The number of aromatic nitrogens is 2. The van der Waals surface area contributed by atoms with Crippen LogP contribution in [0.1, 0.15) is 12.0 Å². The maximum atomic E-state index is 12.0. The Morgan fingerprint density at radius 1 is 1.38 bits per heavy atom. The number of nitrogens with zero attached hydrogens (tertiary/aromatic N) is 3. The molecular formula is C15H15N3O3. The molecule has 0 aliphatic carbocycles. The molecule has 2 aromatic rings. The summed E-state index contributed by atoms with van der Waals surface area (Å²) in [4.78, 5) is 24.5. The summed E-state index contributed by atoms with van der Waals surface area (Å²) in [5.41, 5.74) is 1.76. The van der Waals surface area contributed by atoms with Crippen LogP contribution in [0.3, 0.4) is 0 Å². The highest BCUT2D eigenvalue weighted by Crippen LogP contribution is 2.26. The highest BCUT2D eigenvalue weighted by atomic mass is 16.4. The zero-order valence-electron chi connectivity index (χ0n) is 11.3. The number of amides is 1. The lowest BCUT2D eigenvalue weighted by Crippen LogP contribution is -2.25. The molecule has 1 aromatic carbocycles. The van der Waals surface area contributed by atoms with Gasteiger partial charge in [-0.1, -0.05) is 12.1 Å². The molecule has 1 fully saturated rings. The first-order chi connectivity index (χ1) is 10.1. The fraction of sp³-hybridized carbons (Fsp3) is 0.267. The van der Waals surface area contributed by atoms with E-state index < -0.39 is 11.9 Å². The van der Waals surface area contributed by atoms with Crippen molar-refractivity contribution in [1.29, 1.82) is 0 Å². The lowest BCUT2D eigenvalue weighted by molar-refractivity contribution is -0.141. The van der Waals surface area contributed by atoms with E-state index >= 15 is 0 Å². The summed E-state index contributed by atoms with van der Waals surface area (Å²) in [6.07, 6.45) is 3.65. The first-order valence-electron chi connectivity index (χ1n) is 6.73. The summed E-state index contributed by atoms with van der Waals surface area (Å²) in [6, 6.07) is 9.42. The van der Waals surface area contributed by atoms with Crippen LogP contribution in [0.4, 0.5) is 5.69 Å². The van der Waals surface area contributed by atoms with Crippen LogP contribution in [0.2, 0.25) is 0 Å². The van der Waals surface area contributed by atoms with E-state index in [-0.39, 0.29) is 18.9 Å². The number of carboxylic acids is 1. The van der Waals surface area contributed by atoms with E-state index in [1.165, 1.54) is 0 Å². The van der Waals surface area contributed by atoms with Gasteiger partial charge in [0.1, 0.15) is 0 Å². The Labute approximate surface area is 121 Å². The molecule has 1 saturated heterocycles. The summed E-state index contributed by atoms with van der Waals surface area (Å²) in [6.45, 7) is 0.852. The molecule has 0 saturated carbocycles. The van der Waals surface area contributed by atoms with Gasteiger partial charge in [-0.05, 0) is 23.8 Å². The second-order valence-electron chi connectivity index (χ2n) is 5.12. The van der Waals surface area contributed by atoms with Crippen LogP contribution >= 0.6 is 0 Å². The monoisotopic (exact) mass is 285 g/mol. The zero-order chi connectivity index (χ0) is 14.8. The molecule has 1 aliphatic heterocycles. The van der Waals surface area contributed by atoms with Gasteiger partial charge in [0.05, 0.1) is 12.5 Å². The quantitative estimate of drug-likeness (QED) is 0.920. The van der Waals surface area contributed by atoms with Gasteiger partial charge in [0.25, 0.3) is 0 Å². The predicted molar refractivity (Wildman–Crippen MR) is 75.9 cm³/mol. The van der Waals surface area contributed by atoms with Crippen LogP contribution < -0.4 is 4.90 Å². The highest BCUT2D eigenvalue weighted by molar-refractivity contribution is 5.99. The Kier molecular flexibility index (Phi) is 3.43. The molecule has 0 radical (unpaired) electrons. The fourth-order valence-corrected chi connectivity index (χ4v) is 2.53. The molecule has 6 nitrogen and oxygen atoms in total. The van der Waals surface area contributed by atoms with Crippen LogP contribution in [-0.2, 0) is 16.1 Å². The van der Waals surface area contributed by atoms with Crippen LogP contribution in [0.5, 0.6) is 0 Å². The molecule has 21 heavy (non-hydrogen) atoms. The van der Waals surface area contributed by atoms with Gasteiger partial charge < -0.3 is 10.0 Å². The number of hydrogen-bond donors (Lipinski definition) is 1. The third kappa shape index (κ3) is 2.79. The molecule has 1 aromatic heterocycles. The highest BCUT2D eigenvalue weighted by Gasteiger charge is 2.35. The van der Waals surface area contributed by atoms with Gasteiger partial charge in [-0.25, -0.2) is 0 Å². The topological polar surface area (TPSA) is 75.4 Å². The number of carboxylic acid groups (broad SMARTS) is 1. The van der Waals surface area contributed by atoms with Gasteiger partial charge in [0, 0.05) is 31.0 Å². The lowest BCUT2D eigenvalue weighted by Gasteiger charge is -2.17. The van der Waals surface area contributed by atoms with Gasteiger partial charge in [-0.15, -0.1) is 0 Å². The van der Waals surface area contributed by atoms with Crippen molar-refractivity contribution in [3.05, 3.63) is 48.3 Å². The summed E-state index contributed by atoms with van der Waals surface area (Å²) in [7, 11) is 0. The molecule has 108 valence electrons. The SMILES string of the molecule is O=C(O)C1CC(=O)N(c2cccc(Cn3cccn3)c2)C1. The summed E-state index contributed by atoms with van der Waals surface area (Å²) in [5, 5.41) is 13.2. The van der Waals surface area contributed by atoms with Gasteiger partial charge in [-0.2, -0.15) is 5.10 Å². The van der Waals surface area contributed by atoms with Gasteiger partial charge >= 0.3 is 5.97 Å². The van der Waals surface area contributed by atoms with E-state index in [0.717, 1.165) is 11.3 Å². The van der Waals surface area contributed by atoms with Gasteiger partial charge in [0.2, 0.25) is 5.91 Å². The Hall–Kier alpha value is -2.63. The van der Waals surface area contributed by atoms with Gasteiger partial charge in [0.15, 0.2) is 0 Å². The van der Waals surface area contributed by atoms with Crippen LogP contribution in [0.25, 0.3) is 0 Å². The number of anilines is 1. The van der Waals surface area contributed by atoms with Crippen molar-refractivity contribution in [2.45, 2.75) is 13.0 Å². The second kappa shape index (κ2) is 5.40. The van der Waals surface area contributed by atoms with E-state index in [4.69, 9.17) is 5.11 Å². The molecular weight excluding hydrogens is 270 g/mol. The van der Waals surface area contributed by atoms with Crippen molar-refractivity contribution >= 4 is 17.6 Å². The lowest BCUT2D eigenvalue weighted by atomic mass is 10.1. The molecule has 6 heteroatoms. The maximum absolute atomic E-state index is 12.0. The summed E-state index contributed by atoms with van der Waals surface area (Å²) < 4.78 is 1.80. The zero-order valence-corrected chi connectivity index (χ0v) is 11.3. The van der Waals surface area contributed by atoms with Crippen LogP contribution in [0, 0.1) is 5.92 Å². The number of benzene rings is 1. The van der Waals surface area contributed by atoms with Crippen molar-refractivity contribution < 1.29 is 14.7 Å². The fourth-order valence-electron chi connectivity index (χ4n) is 2.53. The van der Waals surface area contributed by atoms with E-state index in [2.05, 4.69) is 5.10 Å². The molecule has 0 spiro atoms. The Morgan fingerprint density at radius 2 is 2.24 bits per heavy atom. The van der Waals surface area contributed by atoms with E-state index in [1.807, 2.05) is 36.5 Å². The predicted octanol–water partition coefficient (Wildman–Crippen LogP) is 1.37. The molecule has 1 atom stereocenters. The molecule has 1 N–H and O–H groups in total. The molecule has 1 unspecified atom stereocenters. The molecule has 1 aliphatic rings. The van der Waals surface area contributed by atoms with Crippen molar-refractivity contribution in [3.8, 4) is 0 Å². The summed E-state index contributed by atoms with van der Waals surface area (Å²) >= 11 is 0. The minimum atomic E-state index is -0.918. The number of carbonyl (C=O) groups excluding carboxylic acids is 1. The average Bonchev–Trinajstić information content (AvgIpc) is 3.08. The third-order valence-electron chi connectivity index (χ3n) is 3.60. The number of aliphatic carboxylic acids is 1. The average molecular weight is 285 g/mol. The maximum Gasteiger partial charge on any atom is 0.308 e. The van der Waals surface area contributed by atoms with Crippen molar-refractivity contribution in [2.24, 2.45) is 5.92 Å². The van der Waals surface area contributed by atoms with Crippen LogP contribution in [-0.4, -0.2) is 33.3 Å². The number of rotatable bonds is 4. The molecule has 2 heterocycles.